The van der Waals surface area contributed by atoms with Gasteiger partial charge in [-0.2, -0.15) is 0 Å². The molecule has 0 saturated carbocycles. The van der Waals surface area contributed by atoms with E-state index in [9.17, 15) is 17.6 Å². The fourth-order valence-electron chi connectivity index (χ4n) is 3.24. The van der Waals surface area contributed by atoms with Crippen LogP contribution in [0.15, 0.2) is 53.4 Å². The van der Waals surface area contributed by atoms with Gasteiger partial charge in [0.2, 0.25) is 0 Å². The molecule has 156 valence electrons. The average Bonchev–Trinajstić information content (AvgIpc) is 2.70. The van der Waals surface area contributed by atoms with Crippen LogP contribution in [0.25, 0.3) is 0 Å². The van der Waals surface area contributed by atoms with E-state index in [0.29, 0.717) is 18.9 Å². The zero-order valence-electron chi connectivity index (χ0n) is 16.4. The zero-order valence-corrected chi connectivity index (χ0v) is 17.2. The lowest BCUT2D eigenvalue weighted by molar-refractivity contribution is -0.0233. The van der Waals surface area contributed by atoms with Gasteiger partial charge in [0, 0.05) is 18.2 Å². The van der Waals surface area contributed by atoms with Crippen LogP contribution in [0, 0.1) is 11.7 Å². The Bertz CT molecular complexity index is 978. The van der Waals surface area contributed by atoms with E-state index >= 15 is 0 Å². The molecule has 0 spiro atoms. The number of para-hydroxylation sites is 1. The van der Waals surface area contributed by atoms with Crippen molar-refractivity contribution in [2.45, 2.75) is 43.7 Å². The van der Waals surface area contributed by atoms with Crippen LogP contribution in [0.1, 0.15) is 37.0 Å². The summed E-state index contributed by atoms with van der Waals surface area (Å²) < 4.78 is 46.9. The Morgan fingerprint density at radius 2 is 1.93 bits per heavy atom. The van der Waals surface area contributed by atoms with Crippen molar-refractivity contribution in [1.82, 2.24) is 5.32 Å². The number of sulfonamides is 1. The highest BCUT2D eigenvalue weighted by molar-refractivity contribution is 7.92. The lowest BCUT2D eigenvalue weighted by Crippen LogP contribution is -2.43. The predicted molar refractivity (Wildman–Crippen MR) is 109 cm³/mol. The highest BCUT2D eigenvalue weighted by Gasteiger charge is 2.26. The molecule has 0 unspecified atom stereocenters. The number of carbonyl (C=O) groups excluding carboxylic acids is 1. The summed E-state index contributed by atoms with van der Waals surface area (Å²) in [6.45, 7) is 4.73. The summed E-state index contributed by atoms with van der Waals surface area (Å²) in [5.41, 5.74) is 0.0817. The quantitative estimate of drug-likeness (QED) is 0.748. The minimum absolute atomic E-state index is 0.0274. The second-order valence-corrected chi connectivity index (χ2v) is 9.14. The number of benzene rings is 2. The number of ether oxygens (including phenoxy) is 1. The Hall–Kier alpha value is -2.45. The molecule has 1 aliphatic rings. The van der Waals surface area contributed by atoms with Crippen molar-refractivity contribution in [3.8, 4) is 0 Å². The van der Waals surface area contributed by atoms with Crippen LogP contribution in [-0.2, 0) is 14.8 Å². The molecule has 2 atom stereocenters. The number of carbonyl (C=O) groups is 1. The van der Waals surface area contributed by atoms with Gasteiger partial charge in [0.25, 0.3) is 15.9 Å². The molecule has 8 heteroatoms. The van der Waals surface area contributed by atoms with Gasteiger partial charge >= 0.3 is 0 Å². The van der Waals surface area contributed by atoms with Crippen LogP contribution in [0.5, 0.6) is 0 Å². The molecule has 1 aliphatic heterocycles. The van der Waals surface area contributed by atoms with E-state index < -0.39 is 15.8 Å². The molecule has 0 aromatic heterocycles. The van der Waals surface area contributed by atoms with Gasteiger partial charge in [-0.1, -0.05) is 32.0 Å². The lowest BCUT2D eigenvalue weighted by atomic mass is 9.95. The number of amides is 1. The van der Waals surface area contributed by atoms with Gasteiger partial charge in [-0.3, -0.25) is 9.52 Å². The van der Waals surface area contributed by atoms with Crippen molar-refractivity contribution < 1.29 is 22.3 Å². The third kappa shape index (κ3) is 5.33. The van der Waals surface area contributed by atoms with Gasteiger partial charge in [-0.05, 0) is 49.1 Å². The number of hydrogen-bond acceptors (Lipinski definition) is 4. The average molecular weight is 421 g/mol. The third-order valence-corrected chi connectivity index (χ3v) is 6.28. The largest absolute Gasteiger partial charge is 0.378 e. The van der Waals surface area contributed by atoms with Crippen LogP contribution in [0.4, 0.5) is 10.1 Å². The van der Waals surface area contributed by atoms with Gasteiger partial charge in [-0.15, -0.1) is 0 Å². The molecule has 6 nitrogen and oxygen atoms in total. The minimum atomic E-state index is -4.03. The Labute approximate surface area is 170 Å². The molecule has 3 rings (SSSR count). The second-order valence-electron chi connectivity index (χ2n) is 7.46. The van der Waals surface area contributed by atoms with Crippen LogP contribution in [-0.4, -0.2) is 33.1 Å². The van der Waals surface area contributed by atoms with Crippen molar-refractivity contribution >= 4 is 21.6 Å². The number of nitrogens with one attached hydrogen (secondary N) is 2. The standard InChI is InChI=1S/C21H25FN2O4S/c1-14(2)20-13-16(10-11-28-20)23-21(25)15-6-5-7-17(12-15)29(26,27)24-19-9-4-3-8-18(19)22/h3-9,12,14,16,20,24H,10-11,13H2,1-2H3,(H,23,25)/t16-,20+/m1/s1. The Balaban J connectivity index is 1.73. The summed E-state index contributed by atoms with van der Waals surface area (Å²) >= 11 is 0. The fourth-order valence-corrected chi connectivity index (χ4v) is 4.36. The highest BCUT2D eigenvalue weighted by atomic mass is 32.2. The normalized spacial score (nSPS) is 19.7. The van der Waals surface area contributed by atoms with E-state index in [0.717, 1.165) is 6.42 Å². The summed E-state index contributed by atoms with van der Waals surface area (Å²) in [4.78, 5) is 12.5. The molecule has 0 bridgehead atoms. The van der Waals surface area contributed by atoms with E-state index in [1.807, 2.05) is 0 Å². The first-order chi connectivity index (χ1) is 13.8. The first kappa shape index (κ1) is 21.3. The lowest BCUT2D eigenvalue weighted by Gasteiger charge is -2.32. The molecule has 2 aromatic rings. The van der Waals surface area contributed by atoms with E-state index in [1.54, 1.807) is 6.07 Å². The van der Waals surface area contributed by atoms with Gasteiger partial charge < -0.3 is 10.1 Å². The number of rotatable bonds is 6. The van der Waals surface area contributed by atoms with Gasteiger partial charge in [0.1, 0.15) is 5.82 Å². The third-order valence-electron chi connectivity index (χ3n) is 4.92. The van der Waals surface area contributed by atoms with Crippen molar-refractivity contribution in [3.05, 3.63) is 59.9 Å². The minimum Gasteiger partial charge on any atom is -0.378 e. The van der Waals surface area contributed by atoms with E-state index in [1.165, 1.54) is 42.5 Å². The topological polar surface area (TPSA) is 84.5 Å². The molecule has 29 heavy (non-hydrogen) atoms. The predicted octanol–water partition coefficient (Wildman–Crippen LogP) is 3.56. The molecule has 2 aromatic carbocycles. The molecule has 2 N–H and O–H groups in total. The summed E-state index contributed by atoms with van der Waals surface area (Å²) in [5, 5.41) is 2.96. The fraction of sp³-hybridized carbons (Fsp3) is 0.381. The first-order valence-electron chi connectivity index (χ1n) is 9.56. The molecule has 1 amide bonds. The molecule has 1 heterocycles. The van der Waals surface area contributed by atoms with Crippen LogP contribution >= 0.6 is 0 Å². The van der Waals surface area contributed by atoms with Crippen LogP contribution < -0.4 is 10.0 Å². The smallest absolute Gasteiger partial charge is 0.262 e. The first-order valence-corrected chi connectivity index (χ1v) is 11.0. The van der Waals surface area contributed by atoms with Gasteiger partial charge in [0.15, 0.2) is 0 Å². The Morgan fingerprint density at radius 3 is 2.66 bits per heavy atom. The number of anilines is 1. The summed E-state index contributed by atoms with van der Waals surface area (Å²) in [6.07, 6.45) is 1.52. The van der Waals surface area contributed by atoms with E-state index in [2.05, 4.69) is 23.9 Å². The molecular formula is C21H25FN2O4S. The van der Waals surface area contributed by atoms with E-state index in [4.69, 9.17) is 4.74 Å². The van der Waals surface area contributed by atoms with Gasteiger partial charge in [-0.25, -0.2) is 12.8 Å². The molecule has 1 saturated heterocycles. The maximum atomic E-state index is 13.8. The Morgan fingerprint density at radius 1 is 1.17 bits per heavy atom. The van der Waals surface area contributed by atoms with E-state index in [-0.39, 0.29) is 34.2 Å². The molecule has 1 fully saturated rings. The van der Waals surface area contributed by atoms with Crippen molar-refractivity contribution in [3.63, 3.8) is 0 Å². The zero-order chi connectivity index (χ0) is 21.0. The maximum Gasteiger partial charge on any atom is 0.262 e. The second kappa shape index (κ2) is 8.92. The molecule has 0 aliphatic carbocycles. The molecule has 0 radical (unpaired) electrons. The number of hydrogen-bond donors (Lipinski definition) is 2. The van der Waals surface area contributed by atoms with Crippen LogP contribution in [0.2, 0.25) is 0 Å². The maximum absolute atomic E-state index is 13.8. The SMILES string of the molecule is CC(C)[C@@H]1C[C@H](NC(=O)c2cccc(S(=O)(=O)Nc3ccccc3F)c2)CCO1. The number of halogens is 1. The summed E-state index contributed by atoms with van der Waals surface area (Å²) in [6, 6.07) is 11.2. The monoisotopic (exact) mass is 420 g/mol. The van der Waals surface area contributed by atoms with Crippen molar-refractivity contribution in [2.24, 2.45) is 5.92 Å². The molecular weight excluding hydrogens is 395 g/mol. The van der Waals surface area contributed by atoms with Crippen LogP contribution in [0.3, 0.4) is 0 Å². The summed E-state index contributed by atoms with van der Waals surface area (Å²) in [7, 11) is -4.03. The van der Waals surface area contributed by atoms with Crippen molar-refractivity contribution in [2.75, 3.05) is 11.3 Å². The van der Waals surface area contributed by atoms with Crippen molar-refractivity contribution in [1.29, 1.82) is 0 Å². The summed E-state index contributed by atoms with van der Waals surface area (Å²) in [5.74, 6) is -0.667. The highest BCUT2D eigenvalue weighted by Crippen LogP contribution is 2.22. The Kier molecular flexibility index (Phi) is 6.54. The van der Waals surface area contributed by atoms with Gasteiger partial charge in [0.05, 0.1) is 16.7 Å².